The topological polar surface area (TPSA) is 141 Å². The zero-order valence-electron chi connectivity index (χ0n) is 18.5. The second-order valence-electron chi connectivity index (χ2n) is 8.72. The molecule has 36 heavy (non-hydrogen) atoms. The Kier molecular flexibility index (Phi) is 6.27. The average Bonchev–Trinajstić information content (AvgIpc) is 3.19. The minimum Gasteiger partial charge on any atom is -0.372 e. The molecule has 0 saturated heterocycles. The van der Waals surface area contributed by atoms with Gasteiger partial charge in [0.1, 0.15) is 5.69 Å². The number of nitro benzene ring substituents is 3. The van der Waals surface area contributed by atoms with Crippen molar-refractivity contribution in [1.82, 2.24) is 0 Å². The number of fused-ring (bicyclic) bond motifs is 3. The molecule has 5 rings (SSSR count). The lowest BCUT2D eigenvalue weighted by atomic mass is 9.77. The molecule has 2 aliphatic rings. The number of hydrogen-bond donors (Lipinski definition) is 1. The van der Waals surface area contributed by atoms with Gasteiger partial charge >= 0.3 is 0 Å². The maximum absolute atomic E-state index is 11.8. The van der Waals surface area contributed by atoms with Gasteiger partial charge in [-0.2, -0.15) is 0 Å². The number of halogens is 1. The highest BCUT2D eigenvalue weighted by Gasteiger charge is 2.51. The van der Waals surface area contributed by atoms with Gasteiger partial charge in [0.15, 0.2) is 0 Å². The monoisotopic (exact) mass is 526 g/mol. The van der Waals surface area contributed by atoms with Crippen LogP contribution in [0.15, 0.2) is 71.6 Å². The summed E-state index contributed by atoms with van der Waals surface area (Å²) in [6.45, 7) is 0. The number of hydrogen-bond acceptors (Lipinski definition) is 8. The summed E-state index contributed by atoms with van der Waals surface area (Å²) in [4.78, 5) is 33.9. The molecule has 10 nitrogen and oxygen atoms in total. The van der Waals surface area contributed by atoms with Gasteiger partial charge in [0.25, 0.3) is 17.1 Å². The van der Waals surface area contributed by atoms with Crippen molar-refractivity contribution in [1.29, 1.82) is 0 Å². The van der Waals surface area contributed by atoms with Crippen molar-refractivity contribution in [2.24, 2.45) is 5.92 Å². The average molecular weight is 527 g/mol. The van der Waals surface area contributed by atoms with Gasteiger partial charge in [0.2, 0.25) is 0 Å². The predicted octanol–water partition coefficient (Wildman–Crippen LogP) is 6.45. The highest BCUT2D eigenvalue weighted by molar-refractivity contribution is 8.00. The molecule has 3 aromatic carbocycles. The van der Waals surface area contributed by atoms with Crippen LogP contribution in [0.5, 0.6) is 0 Å². The van der Waals surface area contributed by atoms with Crippen LogP contribution in [0.25, 0.3) is 0 Å². The van der Waals surface area contributed by atoms with Crippen LogP contribution in [0.4, 0.5) is 22.7 Å². The van der Waals surface area contributed by atoms with Crippen molar-refractivity contribution in [2.45, 2.75) is 33.9 Å². The van der Waals surface area contributed by atoms with E-state index in [-0.39, 0.29) is 34.1 Å². The van der Waals surface area contributed by atoms with E-state index in [2.05, 4.69) is 5.32 Å². The molecule has 1 fully saturated rings. The molecule has 1 N–H and O–H groups in total. The van der Waals surface area contributed by atoms with Crippen LogP contribution < -0.4 is 5.32 Å². The van der Waals surface area contributed by atoms with Gasteiger partial charge in [0, 0.05) is 35.4 Å². The number of thioether (sulfide) groups is 1. The summed E-state index contributed by atoms with van der Waals surface area (Å²) in [5, 5.41) is 37.4. The molecule has 1 aliphatic heterocycles. The number of non-ortho nitro benzene ring substituents is 1. The second-order valence-corrected chi connectivity index (χ2v) is 10.5. The first-order chi connectivity index (χ1) is 17.3. The standard InChI is InChI=1S/C24H19ClN4O6S/c25-22-20(36-19-10-2-1-8-17(19)28(32)33)12-16-21(22)15-7-4-9-18(29(34)35)24(15)26-23(16)13-5-3-6-14(11-13)27(30)31/h1-11,16,20-23,26H,12H2/t16-,20+,21+,22-,23+/m1/s1. The molecular weight excluding hydrogens is 508 g/mol. The lowest BCUT2D eigenvalue weighted by Gasteiger charge is -2.37. The molecule has 0 unspecified atom stereocenters. The van der Waals surface area contributed by atoms with E-state index in [1.54, 1.807) is 36.4 Å². The van der Waals surface area contributed by atoms with Crippen molar-refractivity contribution in [3.05, 3.63) is 108 Å². The van der Waals surface area contributed by atoms with Gasteiger partial charge in [-0.3, -0.25) is 30.3 Å². The maximum Gasteiger partial charge on any atom is 0.292 e. The normalized spacial score (nSPS) is 24.3. The largest absolute Gasteiger partial charge is 0.372 e. The van der Waals surface area contributed by atoms with E-state index in [1.165, 1.54) is 36.0 Å². The summed E-state index contributed by atoms with van der Waals surface area (Å²) in [6.07, 6.45) is 0.554. The van der Waals surface area contributed by atoms with Crippen molar-refractivity contribution >= 4 is 46.1 Å². The van der Waals surface area contributed by atoms with Gasteiger partial charge in [-0.15, -0.1) is 23.4 Å². The smallest absolute Gasteiger partial charge is 0.292 e. The molecule has 5 atom stereocenters. The molecular formula is C24H19ClN4O6S. The minimum atomic E-state index is -0.483. The second kappa shape index (κ2) is 9.40. The third-order valence-corrected chi connectivity index (χ3v) is 8.92. The lowest BCUT2D eigenvalue weighted by molar-refractivity contribution is -0.387. The summed E-state index contributed by atoms with van der Waals surface area (Å²) < 4.78 is 0. The van der Waals surface area contributed by atoms with Crippen LogP contribution >= 0.6 is 23.4 Å². The van der Waals surface area contributed by atoms with E-state index in [9.17, 15) is 30.3 Å². The fraction of sp³-hybridized carbons (Fsp3) is 0.250. The number of para-hydroxylation sites is 2. The fourth-order valence-electron chi connectivity index (χ4n) is 5.31. The van der Waals surface area contributed by atoms with Crippen LogP contribution in [-0.4, -0.2) is 25.4 Å². The first kappa shape index (κ1) is 24.0. The van der Waals surface area contributed by atoms with Gasteiger partial charge in [-0.1, -0.05) is 36.4 Å². The molecule has 0 bridgehead atoms. The number of benzene rings is 3. The SMILES string of the molecule is O=[N+]([O-])c1cccc([C@@H]2Nc3c(cccc3[N+](=O)[O-])[C@@H]3[C@H](Cl)[C@@H](Sc4ccccc4[N+](=O)[O-])C[C@H]32)c1. The highest BCUT2D eigenvalue weighted by atomic mass is 35.5. The third-order valence-electron chi connectivity index (χ3n) is 6.80. The first-order valence-corrected chi connectivity index (χ1v) is 12.4. The number of anilines is 1. The quantitative estimate of drug-likeness (QED) is 0.219. The third kappa shape index (κ3) is 4.14. The molecule has 0 radical (unpaired) electrons. The number of nitrogens with one attached hydrogen (secondary N) is 1. The maximum atomic E-state index is 11.8. The van der Waals surface area contributed by atoms with Gasteiger partial charge in [-0.05, 0) is 29.5 Å². The predicted molar refractivity (Wildman–Crippen MR) is 136 cm³/mol. The Morgan fingerprint density at radius 1 is 0.861 bits per heavy atom. The van der Waals surface area contributed by atoms with Crippen molar-refractivity contribution < 1.29 is 14.8 Å². The van der Waals surface area contributed by atoms with Crippen LogP contribution in [0.2, 0.25) is 0 Å². The molecule has 3 aromatic rings. The Morgan fingerprint density at radius 2 is 1.56 bits per heavy atom. The van der Waals surface area contributed by atoms with Crippen LogP contribution in [-0.2, 0) is 0 Å². The summed E-state index contributed by atoms with van der Waals surface area (Å²) in [5.74, 6) is -0.448. The van der Waals surface area contributed by atoms with E-state index in [1.807, 2.05) is 6.07 Å². The number of nitro groups is 3. The van der Waals surface area contributed by atoms with Crippen LogP contribution in [0.1, 0.15) is 29.5 Å². The number of rotatable bonds is 6. The zero-order valence-corrected chi connectivity index (χ0v) is 20.1. The summed E-state index contributed by atoms with van der Waals surface area (Å²) >= 11 is 8.36. The Hall–Kier alpha value is -3.70. The van der Waals surface area contributed by atoms with Gasteiger partial charge in [-0.25, -0.2) is 0 Å². The molecule has 0 spiro atoms. The molecule has 184 valence electrons. The molecule has 1 saturated carbocycles. The van der Waals surface area contributed by atoms with Gasteiger partial charge in [0.05, 0.1) is 31.1 Å². The molecule has 0 aromatic heterocycles. The Labute approximate surface area is 214 Å². The van der Waals surface area contributed by atoms with E-state index in [4.69, 9.17) is 11.6 Å². The number of alkyl halides is 1. The Balaban J connectivity index is 1.59. The van der Waals surface area contributed by atoms with E-state index >= 15 is 0 Å². The molecule has 12 heteroatoms. The first-order valence-electron chi connectivity index (χ1n) is 11.1. The van der Waals surface area contributed by atoms with Crippen molar-refractivity contribution in [2.75, 3.05) is 5.32 Å². The molecule has 0 amide bonds. The summed E-state index contributed by atoms with van der Waals surface area (Å²) in [7, 11) is 0. The van der Waals surface area contributed by atoms with Crippen molar-refractivity contribution in [3.63, 3.8) is 0 Å². The molecule has 1 aliphatic carbocycles. The fourth-order valence-corrected chi connectivity index (χ4v) is 7.26. The van der Waals surface area contributed by atoms with E-state index < -0.39 is 26.2 Å². The van der Waals surface area contributed by atoms with E-state index in [0.29, 0.717) is 28.1 Å². The Bertz CT molecular complexity index is 1390. The minimum absolute atomic E-state index is 0.00867. The van der Waals surface area contributed by atoms with Crippen LogP contribution in [0.3, 0.4) is 0 Å². The van der Waals surface area contributed by atoms with Gasteiger partial charge < -0.3 is 5.32 Å². The number of nitrogens with zero attached hydrogens (tertiary/aromatic N) is 3. The Morgan fingerprint density at radius 3 is 2.28 bits per heavy atom. The highest BCUT2D eigenvalue weighted by Crippen LogP contribution is 2.59. The van der Waals surface area contributed by atoms with Crippen molar-refractivity contribution in [3.8, 4) is 0 Å². The van der Waals surface area contributed by atoms with Crippen LogP contribution in [0, 0.1) is 36.3 Å². The zero-order chi connectivity index (χ0) is 25.6. The molecule has 1 heterocycles. The summed E-state index contributed by atoms with van der Waals surface area (Å²) in [5.41, 5.74) is 1.50. The lowest BCUT2D eigenvalue weighted by Crippen LogP contribution is -2.31. The summed E-state index contributed by atoms with van der Waals surface area (Å²) in [6, 6.07) is 17.0. The van der Waals surface area contributed by atoms with E-state index in [0.717, 1.165) is 0 Å².